The SMILES string of the molecule is NC(=O)C1CCN(C2CC3OC4CC(Cl)CCC4N4C=C(C(=O)NCCN5CCOCC5)C(=O)C(C2)C34)CC1. The van der Waals surface area contributed by atoms with Crippen LogP contribution < -0.4 is 11.1 Å². The van der Waals surface area contributed by atoms with Crippen LogP contribution in [0.15, 0.2) is 11.8 Å². The first kappa shape index (κ1) is 27.4. The monoisotopic (exact) mass is 563 g/mol. The number of nitrogens with one attached hydrogen (secondary N) is 1. The van der Waals surface area contributed by atoms with E-state index in [1.165, 1.54) is 0 Å². The summed E-state index contributed by atoms with van der Waals surface area (Å²) in [6, 6.07) is 0.261. The molecule has 7 atom stereocenters. The van der Waals surface area contributed by atoms with Crippen LogP contribution in [0.2, 0.25) is 0 Å². The highest BCUT2D eigenvalue weighted by Crippen LogP contribution is 2.46. The van der Waals surface area contributed by atoms with Crippen molar-refractivity contribution in [1.82, 2.24) is 20.0 Å². The van der Waals surface area contributed by atoms with Gasteiger partial charge in [-0.1, -0.05) is 0 Å². The molecule has 2 saturated carbocycles. The van der Waals surface area contributed by atoms with E-state index in [2.05, 4.69) is 20.0 Å². The summed E-state index contributed by atoms with van der Waals surface area (Å²) in [5.41, 5.74) is 5.84. The van der Waals surface area contributed by atoms with E-state index in [1.807, 2.05) is 6.20 Å². The number of primary amides is 1. The average molecular weight is 564 g/mol. The van der Waals surface area contributed by atoms with Gasteiger partial charge >= 0.3 is 0 Å². The number of amides is 2. The number of hydrogen-bond acceptors (Lipinski definition) is 8. The number of morpholine rings is 2. The van der Waals surface area contributed by atoms with Crippen molar-refractivity contribution in [1.29, 1.82) is 0 Å². The Balaban J connectivity index is 1.20. The van der Waals surface area contributed by atoms with Crippen molar-refractivity contribution in [2.45, 2.75) is 80.7 Å². The van der Waals surface area contributed by atoms with Crippen molar-refractivity contribution in [3.05, 3.63) is 11.8 Å². The highest BCUT2D eigenvalue weighted by atomic mass is 35.5. The molecule has 2 aliphatic carbocycles. The smallest absolute Gasteiger partial charge is 0.256 e. The molecule has 4 heterocycles. The summed E-state index contributed by atoms with van der Waals surface area (Å²) < 4.78 is 12.1. The number of ether oxygens (including phenoxy) is 2. The number of rotatable bonds is 6. The predicted molar refractivity (Wildman–Crippen MR) is 145 cm³/mol. The Hall–Kier alpha value is -1.72. The van der Waals surface area contributed by atoms with Crippen molar-refractivity contribution < 1.29 is 23.9 Å². The number of ketones is 1. The van der Waals surface area contributed by atoms with E-state index in [0.717, 1.165) is 71.2 Å². The molecule has 216 valence electrons. The van der Waals surface area contributed by atoms with Crippen LogP contribution in [-0.2, 0) is 23.9 Å². The third kappa shape index (κ3) is 5.60. The molecule has 0 aromatic carbocycles. The van der Waals surface area contributed by atoms with Crippen LogP contribution in [0.3, 0.4) is 0 Å². The van der Waals surface area contributed by atoms with Crippen LogP contribution in [0.25, 0.3) is 0 Å². The minimum atomic E-state index is -0.290. The first-order valence-electron chi connectivity index (χ1n) is 14.8. The normalized spacial score (nSPS) is 38.0. The van der Waals surface area contributed by atoms with Crippen LogP contribution in [0.5, 0.6) is 0 Å². The first-order valence-corrected chi connectivity index (χ1v) is 15.3. The minimum Gasteiger partial charge on any atom is -0.379 e. The molecule has 6 aliphatic rings. The fourth-order valence-electron chi connectivity index (χ4n) is 7.85. The lowest BCUT2D eigenvalue weighted by Gasteiger charge is -2.59. The van der Waals surface area contributed by atoms with Crippen molar-refractivity contribution in [3.63, 3.8) is 0 Å². The second kappa shape index (κ2) is 11.6. The number of likely N-dealkylation sites (tertiary alicyclic amines) is 1. The zero-order chi connectivity index (χ0) is 27.1. The van der Waals surface area contributed by atoms with E-state index in [9.17, 15) is 14.4 Å². The first-order chi connectivity index (χ1) is 18.9. The summed E-state index contributed by atoms with van der Waals surface area (Å²) in [5.74, 6) is -0.922. The Bertz CT molecular complexity index is 981. The lowest BCUT2D eigenvalue weighted by atomic mass is 9.70. The molecule has 39 heavy (non-hydrogen) atoms. The molecule has 6 rings (SSSR count). The summed E-state index contributed by atoms with van der Waals surface area (Å²) >= 11 is 6.57. The topological polar surface area (TPSA) is 117 Å². The number of hydrogen-bond donors (Lipinski definition) is 2. The Morgan fingerprint density at radius 1 is 1.03 bits per heavy atom. The quantitative estimate of drug-likeness (QED) is 0.354. The number of carbonyl (C=O) groups excluding carboxylic acids is 3. The Labute approximate surface area is 235 Å². The van der Waals surface area contributed by atoms with Gasteiger partial charge in [0, 0.05) is 55.6 Å². The fraction of sp³-hybridized carbons (Fsp3) is 0.821. The van der Waals surface area contributed by atoms with Crippen LogP contribution in [0.1, 0.15) is 44.9 Å². The van der Waals surface area contributed by atoms with Crippen LogP contribution >= 0.6 is 11.6 Å². The van der Waals surface area contributed by atoms with Gasteiger partial charge in [0.1, 0.15) is 0 Å². The van der Waals surface area contributed by atoms with Gasteiger partial charge < -0.3 is 30.3 Å². The van der Waals surface area contributed by atoms with Gasteiger partial charge in [0.15, 0.2) is 5.78 Å². The van der Waals surface area contributed by atoms with Gasteiger partial charge in [-0.3, -0.25) is 19.3 Å². The molecule has 3 N–H and O–H groups in total. The molecule has 0 aromatic rings. The van der Waals surface area contributed by atoms with Crippen molar-refractivity contribution in [2.24, 2.45) is 17.6 Å². The molecule has 3 saturated heterocycles. The predicted octanol–water partition coefficient (Wildman–Crippen LogP) is 0.475. The van der Waals surface area contributed by atoms with E-state index < -0.39 is 0 Å². The Morgan fingerprint density at radius 3 is 2.54 bits per heavy atom. The van der Waals surface area contributed by atoms with Gasteiger partial charge in [-0.25, -0.2) is 0 Å². The number of alkyl halides is 1. The van der Waals surface area contributed by atoms with Gasteiger partial charge in [-0.2, -0.15) is 0 Å². The van der Waals surface area contributed by atoms with Crippen molar-refractivity contribution in [3.8, 4) is 0 Å². The largest absolute Gasteiger partial charge is 0.379 e. The summed E-state index contributed by atoms with van der Waals surface area (Å²) in [6.45, 7) is 5.98. The van der Waals surface area contributed by atoms with Gasteiger partial charge in [-0.05, 0) is 58.0 Å². The van der Waals surface area contributed by atoms with Gasteiger partial charge in [0.05, 0.1) is 43.1 Å². The Kier molecular flexibility index (Phi) is 8.19. The standard InChI is InChI=1S/C28H42ClN5O5/c29-18-1-2-22-23(13-18)39-24-15-19(33-6-3-17(4-7-33)27(30)36)14-20-25(24)34(22)16-21(26(20)35)28(37)31-5-8-32-9-11-38-12-10-32/h16-20,22-25H,1-15H2,(H2,30,36)(H,31,37). The second-order valence-corrected chi connectivity index (χ2v) is 12.8. The summed E-state index contributed by atoms with van der Waals surface area (Å²) in [7, 11) is 0. The third-order valence-corrected chi connectivity index (χ3v) is 10.4. The molecular weight excluding hydrogens is 522 g/mol. The van der Waals surface area contributed by atoms with E-state index in [0.29, 0.717) is 26.2 Å². The number of halogens is 1. The third-order valence-electron chi connectivity index (χ3n) is 9.98. The average Bonchev–Trinajstić information content (AvgIpc) is 2.94. The maximum absolute atomic E-state index is 13.9. The summed E-state index contributed by atoms with van der Waals surface area (Å²) in [4.78, 5) is 46.1. The van der Waals surface area contributed by atoms with Crippen molar-refractivity contribution >= 4 is 29.2 Å². The van der Waals surface area contributed by atoms with Crippen LogP contribution in [0, 0.1) is 11.8 Å². The van der Waals surface area contributed by atoms with Gasteiger partial charge in [0.2, 0.25) is 5.91 Å². The van der Waals surface area contributed by atoms with Gasteiger partial charge in [-0.15, -0.1) is 11.6 Å². The molecule has 2 amide bonds. The maximum atomic E-state index is 13.9. The maximum Gasteiger partial charge on any atom is 0.256 e. The Morgan fingerprint density at radius 2 is 1.79 bits per heavy atom. The molecule has 4 aliphatic heterocycles. The van der Waals surface area contributed by atoms with E-state index in [4.69, 9.17) is 26.8 Å². The molecule has 0 bridgehead atoms. The number of nitrogens with two attached hydrogens (primary N) is 1. The molecule has 0 aromatic heterocycles. The number of carbonyl (C=O) groups is 3. The highest BCUT2D eigenvalue weighted by molar-refractivity contribution is 6.21. The minimum absolute atomic E-state index is 0.00224. The number of Topliss-reactive ketones (excluding diaryl/α,β-unsaturated/α-hetero) is 1. The zero-order valence-corrected chi connectivity index (χ0v) is 23.4. The van der Waals surface area contributed by atoms with E-state index in [1.54, 1.807) is 0 Å². The van der Waals surface area contributed by atoms with E-state index >= 15 is 0 Å². The zero-order valence-electron chi connectivity index (χ0n) is 22.6. The second-order valence-electron chi connectivity index (χ2n) is 12.2. The molecule has 5 fully saturated rings. The molecule has 0 radical (unpaired) electrons. The number of nitrogens with zero attached hydrogens (tertiary/aromatic N) is 3. The number of piperidine rings is 1. The fourth-order valence-corrected chi connectivity index (χ4v) is 8.15. The lowest BCUT2D eigenvalue weighted by Crippen LogP contribution is -2.69. The van der Waals surface area contributed by atoms with Crippen molar-refractivity contribution in [2.75, 3.05) is 52.5 Å². The van der Waals surface area contributed by atoms with E-state index in [-0.39, 0.29) is 70.7 Å². The van der Waals surface area contributed by atoms with Crippen LogP contribution in [-0.4, -0.2) is 120 Å². The number of fused-ring (bicyclic) bond motifs is 2. The summed E-state index contributed by atoms with van der Waals surface area (Å²) in [5, 5.41) is 3.11. The molecule has 0 spiro atoms. The molecule has 11 heteroatoms. The van der Waals surface area contributed by atoms with Crippen LogP contribution in [0.4, 0.5) is 0 Å². The molecule has 7 unspecified atom stereocenters. The highest BCUT2D eigenvalue weighted by Gasteiger charge is 2.56. The molecule has 10 nitrogen and oxygen atoms in total. The van der Waals surface area contributed by atoms with Gasteiger partial charge in [0.25, 0.3) is 5.91 Å². The lowest BCUT2D eigenvalue weighted by molar-refractivity contribution is -0.188. The molecular formula is C28H42ClN5O5. The summed E-state index contributed by atoms with van der Waals surface area (Å²) in [6.07, 6.45) is 7.41.